The van der Waals surface area contributed by atoms with Crippen LogP contribution in [0, 0.1) is 0 Å². The molecule has 1 heterocycles. The maximum Gasteiger partial charge on any atom is 0.246 e. The second-order valence-corrected chi connectivity index (χ2v) is 7.34. The zero-order valence-corrected chi connectivity index (χ0v) is 14.0. The topological polar surface area (TPSA) is 75.2 Å². The van der Waals surface area contributed by atoms with Crippen LogP contribution in [0.1, 0.15) is 5.56 Å². The highest BCUT2D eigenvalue weighted by Gasteiger charge is 2.21. The first-order valence-electron chi connectivity index (χ1n) is 6.14. The smallest absolute Gasteiger partial charge is 0.246 e. The third-order valence-corrected chi connectivity index (χ3v) is 5.16. The van der Waals surface area contributed by atoms with Crippen LogP contribution < -0.4 is 5.32 Å². The second-order valence-electron chi connectivity index (χ2n) is 4.38. The lowest BCUT2D eigenvalue weighted by Crippen LogP contribution is -2.26. The van der Waals surface area contributed by atoms with Gasteiger partial charge in [0.05, 0.1) is 12.4 Å². The van der Waals surface area contributed by atoms with Crippen LogP contribution in [0.2, 0.25) is 0 Å². The molecule has 0 aliphatic carbocycles. The zero-order valence-electron chi connectivity index (χ0n) is 11.6. The van der Waals surface area contributed by atoms with Crippen LogP contribution in [-0.4, -0.2) is 36.8 Å². The van der Waals surface area contributed by atoms with Gasteiger partial charge in [-0.1, -0.05) is 28.1 Å². The molecule has 1 aromatic heterocycles. The number of hydrogen-bond donors (Lipinski definition) is 1. The van der Waals surface area contributed by atoms with Gasteiger partial charge < -0.3 is 5.32 Å². The van der Waals surface area contributed by atoms with E-state index in [1.54, 1.807) is 7.05 Å². The number of anilines is 1. The summed E-state index contributed by atoms with van der Waals surface area (Å²) in [6.07, 6.45) is 2.60. The molecule has 1 N–H and O–H groups in total. The summed E-state index contributed by atoms with van der Waals surface area (Å²) < 4.78 is 27.1. The van der Waals surface area contributed by atoms with Crippen molar-refractivity contribution in [3.05, 3.63) is 46.7 Å². The molecule has 2 rings (SSSR count). The average Bonchev–Trinajstić information content (AvgIpc) is 2.49. The Morgan fingerprint density at radius 3 is 2.29 bits per heavy atom. The van der Waals surface area contributed by atoms with Crippen molar-refractivity contribution in [1.82, 2.24) is 14.3 Å². The molecule has 0 spiro atoms. The first-order valence-corrected chi connectivity index (χ1v) is 8.37. The lowest BCUT2D eigenvalue weighted by atomic mass is 10.2. The predicted molar refractivity (Wildman–Crippen MR) is 84.4 cm³/mol. The summed E-state index contributed by atoms with van der Waals surface area (Å²) in [5.41, 5.74) is 0.900. The van der Waals surface area contributed by atoms with Crippen LogP contribution >= 0.6 is 15.9 Å². The van der Waals surface area contributed by atoms with Gasteiger partial charge >= 0.3 is 0 Å². The quantitative estimate of drug-likeness (QED) is 0.871. The van der Waals surface area contributed by atoms with Crippen molar-refractivity contribution < 1.29 is 8.42 Å². The van der Waals surface area contributed by atoms with E-state index in [1.165, 1.54) is 23.7 Å². The Hall–Kier alpha value is -1.51. The van der Waals surface area contributed by atoms with E-state index in [0.29, 0.717) is 5.95 Å². The fourth-order valence-electron chi connectivity index (χ4n) is 1.69. The number of sulfonamides is 1. The Labute approximate surface area is 132 Å². The van der Waals surface area contributed by atoms with E-state index < -0.39 is 10.0 Å². The van der Waals surface area contributed by atoms with Gasteiger partial charge in [-0.3, -0.25) is 0 Å². The third-order valence-electron chi connectivity index (χ3n) is 2.88. The van der Waals surface area contributed by atoms with Gasteiger partial charge in [-0.15, -0.1) is 0 Å². The lowest BCUT2D eigenvalue weighted by Gasteiger charge is -2.17. The largest absolute Gasteiger partial charge is 0.357 e. The highest BCUT2D eigenvalue weighted by Crippen LogP contribution is 2.17. The van der Waals surface area contributed by atoms with Crippen molar-refractivity contribution in [3.63, 3.8) is 0 Å². The Kier molecular flexibility index (Phi) is 4.92. The van der Waals surface area contributed by atoms with Gasteiger partial charge in [-0.25, -0.2) is 18.4 Å². The number of hydrogen-bond acceptors (Lipinski definition) is 5. The SMILES string of the molecule is CNc1ncc(S(=O)(=O)N(C)Cc2ccc(Br)cc2)cn1. The van der Waals surface area contributed by atoms with E-state index >= 15 is 0 Å². The molecular formula is C13H15BrN4O2S. The standard InChI is InChI=1S/C13H15BrN4O2S/c1-15-13-16-7-12(8-17-13)21(19,20)18(2)9-10-3-5-11(14)6-4-10/h3-8H,9H2,1-2H3,(H,15,16,17). The van der Waals surface area contributed by atoms with Crippen LogP contribution in [0.3, 0.4) is 0 Å². The van der Waals surface area contributed by atoms with E-state index in [4.69, 9.17) is 0 Å². The number of benzene rings is 1. The monoisotopic (exact) mass is 370 g/mol. The van der Waals surface area contributed by atoms with Crippen LogP contribution in [0.25, 0.3) is 0 Å². The minimum absolute atomic E-state index is 0.0705. The van der Waals surface area contributed by atoms with Gasteiger partial charge in [0.2, 0.25) is 16.0 Å². The summed E-state index contributed by atoms with van der Waals surface area (Å²) in [5.74, 6) is 0.379. The van der Waals surface area contributed by atoms with Crippen LogP contribution in [0.5, 0.6) is 0 Å². The minimum Gasteiger partial charge on any atom is -0.357 e. The molecule has 0 fully saturated rings. The van der Waals surface area contributed by atoms with Gasteiger partial charge in [0.1, 0.15) is 4.90 Å². The molecule has 0 aliphatic heterocycles. The molecule has 0 bridgehead atoms. The van der Waals surface area contributed by atoms with E-state index in [-0.39, 0.29) is 11.4 Å². The predicted octanol–water partition coefficient (Wildman–Crippen LogP) is 2.10. The first kappa shape index (κ1) is 15.9. The molecule has 0 aliphatic rings. The second kappa shape index (κ2) is 6.50. The number of halogens is 1. The van der Waals surface area contributed by atoms with Gasteiger partial charge in [0, 0.05) is 25.1 Å². The van der Waals surface area contributed by atoms with Gasteiger partial charge in [-0.2, -0.15) is 4.31 Å². The van der Waals surface area contributed by atoms with Crippen molar-refractivity contribution in [1.29, 1.82) is 0 Å². The molecule has 0 radical (unpaired) electrons. The Balaban J connectivity index is 2.19. The number of nitrogens with zero attached hydrogens (tertiary/aromatic N) is 3. The minimum atomic E-state index is -3.60. The van der Waals surface area contributed by atoms with Crippen molar-refractivity contribution in [2.24, 2.45) is 0 Å². The van der Waals surface area contributed by atoms with E-state index in [2.05, 4.69) is 31.2 Å². The summed E-state index contributed by atoms with van der Waals surface area (Å²) >= 11 is 3.35. The highest BCUT2D eigenvalue weighted by atomic mass is 79.9. The fraction of sp³-hybridized carbons (Fsp3) is 0.231. The zero-order chi connectivity index (χ0) is 15.5. The number of aromatic nitrogens is 2. The Morgan fingerprint density at radius 1 is 1.19 bits per heavy atom. The summed E-state index contributed by atoms with van der Waals surface area (Å²) in [6.45, 7) is 0.281. The first-order chi connectivity index (χ1) is 9.93. The third kappa shape index (κ3) is 3.78. The van der Waals surface area contributed by atoms with E-state index in [1.807, 2.05) is 24.3 Å². The highest BCUT2D eigenvalue weighted by molar-refractivity contribution is 9.10. The van der Waals surface area contributed by atoms with Gasteiger partial charge in [-0.05, 0) is 17.7 Å². The van der Waals surface area contributed by atoms with Gasteiger partial charge in [0.25, 0.3) is 0 Å². The molecule has 8 heteroatoms. The van der Waals surface area contributed by atoms with Crippen molar-refractivity contribution in [2.45, 2.75) is 11.4 Å². The van der Waals surface area contributed by atoms with E-state index in [0.717, 1.165) is 10.0 Å². The normalized spacial score (nSPS) is 11.6. The Bertz CT molecular complexity index is 702. The summed E-state index contributed by atoms with van der Waals surface area (Å²) in [4.78, 5) is 7.93. The van der Waals surface area contributed by atoms with Crippen LogP contribution in [-0.2, 0) is 16.6 Å². The van der Waals surface area contributed by atoms with Crippen molar-refractivity contribution in [2.75, 3.05) is 19.4 Å². The average molecular weight is 371 g/mol. The van der Waals surface area contributed by atoms with Crippen LogP contribution in [0.15, 0.2) is 46.0 Å². The molecule has 0 saturated carbocycles. The van der Waals surface area contributed by atoms with Crippen LogP contribution in [0.4, 0.5) is 5.95 Å². The van der Waals surface area contributed by atoms with Crippen molar-refractivity contribution >= 4 is 31.9 Å². The molecule has 0 atom stereocenters. The molecule has 0 saturated heterocycles. The Morgan fingerprint density at radius 2 is 1.76 bits per heavy atom. The molecule has 1 aromatic carbocycles. The molecule has 2 aromatic rings. The summed E-state index contributed by atoms with van der Waals surface area (Å²) in [7, 11) is -0.403. The maximum atomic E-state index is 12.4. The lowest BCUT2D eigenvalue weighted by molar-refractivity contribution is 0.466. The molecule has 0 unspecified atom stereocenters. The maximum absolute atomic E-state index is 12.4. The molecule has 0 amide bonds. The summed E-state index contributed by atoms with van der Waals surface area (Å²) in [6, 6.07) is 7.49. The van der Waals surface area contributed by atoms with E-state index in [9.17, 15) is 8.42 Å². The fourth-order valence-corrected chi connectivity index (χ4v) is 3.01. The number of nitrogens with one attached hydrogen (secondary N) is 1. The number of rotatable bonds is 5. The molecule has 112 valence electrons. The van der Waals surface area contributed by atoms with Crippen molar-refractivity contribution in [3.8, 4) is 0 Å². The molecule has 6 nitrogen and oxygen atoms in total. The molecule has 21 heavy (non-hydrogen) atoms. The summed E-state index contributed by atoms with van der Waals surface area (Å²) in [5, 5.41) is 2.74. The van der Waals surface area contributed by atoms with Gasteiger partial charge in [0.15, 0.2) is 0 Å². The molecular weight excluding hydrogens is 356 g/mol.